The monoisotopic (exact) mass is 236 g/mol. The fraction of sp³-hybridized carbons (Fsp3) is 0.0909. The number of rotatable bonds is 3. The largest absolute Gasteiger partial charge is 0.497 e. The van der Waals surface area contributed by atoms with Gasteiger partial charge in [-0.2, -0.15) is 4.98 Å². The SMILES string of the molecule is COc1ccc(Oc2cncc(Cl)n2)cc1. The van der Waals surface area contributed by atoms with Crippen LogP contribution in [-0.2, 0) is 0 Å². The standard InChI is InChI=1S/C11H9ClN2O2/c1-15-8-2-4-9(5-3-8)16-11-7-13-6-10(12)14-11/h2-7H,1H3. The molecule has 0 N–H and O–H groups in total. The van der Waals surface area contributed by atoms with E-state index in [4.69, 9.17) is 21.1 Å². The predicted molar refractivity (Wildman–Crippen MR) is 60.1 cm³/mol. The van der Waals surface area contributed by atoms with Crippen LogP contribution in [0, 0.1) is 0 Å². The molecule has 0 unspecified atom stereocenters. The molecular weight excluding hydrogens is 228 g/mol. The average Bonchev–Trinajstić information content (AvgIpc) is 2.30. The van der Waals surface area contributed by atoms with Crippen LogP contribution in [0.5, 0.6) is 17.4 Å². The van der Waals surface area contributed by atoms with E-state index in [1.54, 1.807) is 31.4 Å². The van der Waals surface area contributed by atoms with E-state index in [1.807, 2.05) is 0 Å². The molecule has 0 saturated carbocycles. The molecule has 0 spiro atoms. The van der Waals surface area contributed by atoms with Gasteiger partial charge in [0.2, 0.25) is 5.88 Å². The fourth-order valence-corrected chi connectivity index (χ4v) is 1.28. The lowest BCUT2D eigenvalue weighted by Crippen LogP contribution is -1.89. The molecule has 2 rings (SSSR count). The van der Waals surface area contributed by atoms with Gasteiger partial charge < -0.3 is 9.47 Å². The second-order valence-corrected chi connectivity index (χ2v) is 3.34. The van der Waals surface area contributed by atoms with E-state index >= 15 is 0 Å². The zero-order valence-electron chi connectivity index (χ0n) is 8.55. The molecule has 0 aliphatic heterocycles. The number of halogens is 1. The Bertz CT molecular complexity index is 474. The lowest BCUT2D eigenvalue weighted by molar-refractivity contribution is 0.412. The predicted octanol–water partition coefficient (Wildman–Crippen LogP) is 2.93. The van der Waals surface area contributed by atoms with Crippen LogP contribution in [0.1, 0.15) is 0 Å². The van der Waals surface area contributed by atoms with E-state index < -0.39 is 0 Å². The van der Waals surface area contributed by atoms with Crippen molar-refractivity contribution in [1.29, 1.82) is 0 Å². The topological polar surface area (TPSA) is 44.2 Å². The van der Waals surface area contributed by atoms with Crippen LogP contribution in [0.25, 0.3) is 0 Å². The van der Waals surface area contributed by atoms with Crippen molar-refractivity contribution in [2.45, 2.75) is 0 Å². The van der Waals surface area contributed by atoms with Crippen LogP contribution >= 0.6 is 11.6 Å². The van der Waals surface area contributed by atoms with Crippen molar-refractivity contribution in [2.24, 2.45) is 0 Å². The van der Waals surface area contributed by atoms with Crippen molar-refractivity contribution >= 4 is 11.6 Å². The van der Waals surface area contributed by atoms with Gasteiger partial charge in [0.05, 0.1) is 19.5 Å². The molecule has 0 saturated heterocycles. The minimum absolute atomic E-state index is 0.297. The minimum atomic E-state index is 0.297. The maximum Gasteiger partial charge on any atom is 0.239 e. The van der Waals surface area contributed by atoms with Gasteiger partial charge in [-0.05, 0) is 24.3 Å². The van der Waals surface area contributed by atoms with E-state index in [2.05, 4.69) is 9.97 Å². The number of methoxy groups -OCH3 is 1. The molecule has 2 aromatic rings. The van der Waals surface area contributed by atoms with Gasteiger partial charge in [0.25, 0.3) is 0 Å². The molecule has 0 fully saturated rings. The highest BCUT2D eigenvalue weighted by Crippen LogP contribution is 2.22. The number of nitrogens with zero attached hydrogens (tertiary/aromatic N) is 2. The van der Waals surface area contributed by atoms with Crippen LogP contribution in [0.3, 0.4) is 0 Å². The Morgan fingerprint density at radius 1 is 1.06 bits per heavy atom. The summed E-state index contributed by atoms with van der Waals surface area (Å²) in [5.74, 6) is 1.78. The third-order valence-corrected chi connectivity index (χ3v) is 2.05. The molecule has 0 aliphatic rings. The third-order valence-electron chi connectivity index (χ3n) is 1.86. The highest BCUT2D eigenvalue weighted by atomic mass is 35.5. The average molecular weight is 237 g/mol. The molecule has 1 aromatic carbocycles. The van der Waals surface area contributed by atoms with Gasteiger partial charge in [-0.3, -0.25) is 4.98 Å². The number of hydrogen-bond donors (Lipinski definition) is 0. The Labute approximate surface area is 97.8 Å². The highest BCUT2D eigenvalue weighted by Gasteiger charge is 2.00. The normalized spacial score (nSPS) is 9.88. The number of hydrogen-bond acceptors (Lipinski definition) is 4. The molecule has 1 aromatic heterocycles. The van der Waals surface area contributed by atoms with Crippen molar-refractivity contribution in [2.75, 3.05) is 7.11 Å². The van der Waals surface area contributed by atoms with Crippen molar-refractivity contribution in [3.8, 4) is 17.4 Å². The van der Waals surface area contributed by atoms with Crippen LogP contribution in [-0.4, -0.2) is 17.1 Å². The van der Waals surface area contributed by atoms with Gasteiger partial charge in [-0.25, -0.2) is 0 Å². The van der Waals surface area contributed by atoms with Crippen molar-refractivity contribution < 1.29 is 9.47 Å². The smallest absolute Gasteiger partial charge is 0.239 e. The van der Waals surface area contributed by atoms with E-state index in [9.17, 15) is 0 Å². The molecule has 16 heavy (non-hydrogen) atoms. The summed E-state index contributed by atoms with van der Waals surface area (Å²) in [6, 6.07) is 7.16. The molecular formula is C11H9ClN2O2. The number of benzene rings is 1. The summed E-state index contributed by atoms with van der Waals surface area (Å²) in [6.45, 7) is 0. The summed E-state index contributed by atoms with van der Waals surface area (Å²) in [7, 11) is 1.61. The summed E-state index contributed by atoms with van der Waals surface area (Å²) < 4.78 is 10.5. The molecule has 0 aliphatic carbocycles. The van der Waals surface area contributed by atoms with Crippen LogP contribution in [0.2, 0.25) is 5.15 Å². The second-order valence-electron chi connectivity index (χ2n) is 2.96. The first-order valence-corrected chi connectivity index (χ1v) is 4.95. The first-order chi connectivity index (χ1) is 7.78. The first kappa shape index (κ1) is 10.7. The molecule has 1 heterocycles. The molecule has 0 radical (unpaired) electrons. The zero-order chi connectivity index (χ0) is 11.4. The first-order valence-electron chi connectivity index (χ1n) is 4.57. The fourth-order valence-electron chi connectivity index (χ4n) is 1.14. The third kappa shape index (κ3) is 2.61. The van der Waals surface area contributed by atoms with Crippen molar-refractivity contribution in [1.82, 2.24) is 9.97 Å². The second kappa shape index (κ2) is 4.81. The van der Waals surface area contributed by atoms with Gasteiger partial charge in [-0.1, -0.05) is 11.6 Å². The van der Waals surface area contributed by atoms with Gasteiger partial charge in [0.1, 0.15) is 11.5 Å². The summed E-state index contributed by atoms with van der Waals surface area (Å²) in [6.07, 6.45) is 2.94. The Kier molecular flexibility index (Phi) is 3.22. The molecule has 4 nitrogen and oxygen atoms in total. The van der Waals surface area contributed by atoms with E-state index in [0.717, 1.165) is 5.75 Å². The number of aromatic nitrogens is 2. The van der Waals surface area contributed by atoms with Gasteiger partial charge in [-0.15, -0.1) is 0 Å². The van der Waals surface area contributed by atoms with Crippen LogP contribution < -0.4 is 9.47 Å². The molecule has 0 bridgehead atoms. The molecule has 0 amide bonds. The maximum absolute atomic E-state index is 5.69. The molecule has 0 atom stereocenters. The Balaban J connectivity index is 2.14. The quantitative estimate of drug-likeness (QED) is 0.822. The highest BCUT2D eigenvalue weighted by molar-refractivity contribution is 6.29. The Hall–Kier alpha value is -1.81. The van der Waals surface area contributed by atoms with E-state index in [0.29, 0.717) is 16.8 Å². The van der Waals surface area contributed by atoms with Crippen LogP contribution in [0.4, 0.5) is 0 Å². The Morgan fingerprint density at radius 3 is 2.38 bits per heavy atom. The van der Waals surface area contributed by atoms with Crippen molar-refractivity contribution in [3.63, 3.8) is 0 Å². The molecule has 82 valence electrons. The van der Waals surface area contributed by atoms with Crippen molar-refractivity contribution in [3.05, 3.63) is 41.8 Å². The van der Waals surface area contributed by atoms with E-state index in [1.165, 1.54) is 12.4 Å². The van der Waals surface area contributed by atoms with Crippen LogP contribution in [0.15, 0.2) is 36.7 Å². The summed E-state index contributed by atoms with van der Waals surface area (Å²) in [5.41, 5.74) is 0. The lowest BCUT2D eigenvalue weighted by atomic mass is 10.3. The van der Waals surface area contributed by atoms with Gasteiger partial charge in [0.15, 0.2) is 5.15 Å². The van der Waals surface area contributed by atoms with E-state index in [-0.39, 0.29) is 0 Å². The van der Waals surface area contributed by atoms with Gasteiger partial charge in [0, 0.05) is 0 Å². The summed E-state index contributed by atoms with van der Waals surface area (Å²) >= 11 is 5.69. The summed E-state index contributed by atoms with van der Waals surface area (Å²) in [5, 5.41) is 0.297. The Morgan fingerprint density at radius 2 is 1.75 bits per heavy atom. The lowest BCUT2D eigenvalue weighted by Gasteiger charge is -2.05. The van der Waals surface area contributed by atoms with Gasteiger partial charge >= 0.3 is 0 Å². The minimum Gasteiger partial charge on any atom is -0.497 e. The summed E-state index contributed by atoms with van der Waals surface area (Å²) in [4.78, 5) is 7.83. The number of ether oxygens (including phenoxy) is 2. The maximum atomic E-state index is 5.69. The zero-order valence-corrected chi connectivity index (χ0v) is 9.31. The molecule has 5 heteroatoms.